The molecule has 0 saturated carbocycles. The average molecular weight is 491 g/mol. The molecule has 10 nitrogen and oxygen atoms in total. The first-order chi connectivity index (χ1) is 16.1. The summed E-state index contributed by atoms with van der Waals surface area (Å²) in [7, 11) is -2.67. The standard InChI is InChI=1S/C23H30N4O6S/c1-5-26(17(2)3)19-8-6-18(7-9-19)23(28)24-12-14-25(15-13-24)34(31,32)20-10-11-22(33-4)21(16-20)27(29)30/h6-11,16-17H,5,12-15H2,1-4H3. The lowest BCUT2D eigenvalue weighted by Gasteiger charge is -2.34. The van der Waals surface area contributed by atoms with E-state index in [4.69, 9.17) is 4.74 Å². The van der Waals surface area contributed by atoms with Gasteiger partial charge in [-0.05, 0) is 57.2 Å². The molecule has 1 aliphatic heterocycles. The third kappa shape index (κ3) is 5.15. The topological polar surface area (TPSA) is 113 Å². The minimum Gasteiger partial charge on any atom is -0.490 e. The molecule has 34 heavy (non-hydrogen) atoms. The summed E-state index contributed by atoms with van der Waals surface area (Å²) in [6.45, 7) is 7.82. The second-order valence-corrected chi connectivity index (χ2v) is 10.2. The number of sulfonamides is 1. The molecule has 1 amide bonds. The second-order valence-electron chi connectivity index (χ2n) is 8.21. The van der Waals surface area contributed by atoms with Crippen molar-refractivity contribution in [1.82, 2.24) is 9.21 Å². The Morgan fingerprint density at radius 3 is 2.24 bits per heavy atom. The van der Waals surface area contributed by atoms with Gasteiger partial charge in [0.05, 0.1) is 16.9 Å². The van der Waals surface area contributed by atoms with Gasteiger partial charge in [-0.2, -0.15) is 4.31 Å². The van der Waals surface area contributed by atoms with Crippen molar-refractivity contribution in [2.75, 3.05) is 44.7 Å². The van der Waals surface area contributed by atoms with Crippen LogP contribution < -0.4 is 9.64 Å². The fraction of sp³-hybridized carbons (Fsp3) is 0.435. The number of amides is 1. The number of benzene rings is 2. The van der Waals surface area contributed by atoms with E-state index >= 15 is 0 Å². The van der Waals surface area contributed by atoms with Crippen molar-refractivity contribution < 1.29 is 22.9 Å². The predicted molar refractivity (Wildman–Crippen MR) is 129 cm³/mol. The monoisotopic (exact) mass is 490 g/mol. The number of ether oxygens (including phenoxy) is 1. The average Bonchev–Trinajstić information content (AvgIpc) is 2.83. The highest BCUT2D eigenvalue weighted by Gasteiger charge is 2.32. The number of rotatable bonds is 8. The van der Waals surface area contributed by atoms with Crippen LogP contribution in [0.15, 0.2) is 47.4 Å². The molecule has 2 aromatic rings. The molecule has 0 bridgehead atoms. The van der Waals surface area contributed by atoms with Crippen LogP contribution >= 0.6 is 0 Å². The molecule has 0 aliphatic carbocycles. The molecule has 184 valence electrons. The molecule has 1 heterocycles. The summed E-state index contributed by atoms with van der Waals surface area (Å²) in [6, 6.07) is 11.3. The van der Waals surface area contributed by atoms with E-state index < -0.39 is 20.6 Å². The van der Waals surface area contributed by atoms with E-state index in [0.717, 1.165) is 18.3 Å². The quantitative estimate of drug-likeness (QED) is 0.413. The van der Waals surface area contributed by atoms with Crippen LogP contribution in [0.2, 0.25) is 0 Å². The largest absolute Gasteiger partial charge is 0.490 e. The Morgan fingerprint density at radius 2 is 1.74 bits per heavy atom. The number of hydrogen-bond acceptors (Lipinski definition) is 7. The van der Waals surface area contributed by atoms with Crippen molar-refractivity contribution >= 4 is 27.3 Å². The summed E-state index contributed by atoms with van der Waals surface area (Å²) in [5.74, 6) is -0.169. The van der Waals surface area contributed by atoms with Gasteiger partial charge >= 0.3 is 5.69 Å². The van der Waals surface area contributed by atoms with E-state index in [0.29, 0.717) is 11.6 Å². The Bertz CT molecular complexity index is 1140. The summed E-state index contributed by atoms with van der Waals surface area (Å²) in [4.78, 5) is 27.2. The molecule has 11 heteroatoms. The van der Waals surface area contributed by atoms with Crippen LogP contribution in [-0.2, 0) is 10.0 Å². The number of carbonyl (C=O) groups excluding carboxylic acids is 1. The van der Waals surface area contributed by atoms with Gasteiger partial charge in [0.1, 0.15) is 0 Å². The van der Waals surface area contributed by atoms with Gasteiger partial charge in [-0.1, -0.05) is 0 Å². The van der Waals surface area contributed by atoms with Gasteiger partial charge in [0.15, 0.2) is 5.75 Å². The van der Waals surface area contributed by atoms with E-state index in [-0.39, 0.29) is 42.7 Å². The molecule has 2 aromatic carbocycles. The maximum Gasteiger partial charge on any atom is 0.312 e. The van der Waals surface area contributed by atoms with Crippen LogP contribution in [0.5, 0.6) is 5.75 Å². The number of nitro benzene ring substituents is 1. The molecule has 1 aliphatic rings. The fourth-order valence-corrected chi connectivity index (χ4v) is 5.52. The molecular formula is C23H30N4O6S. The minimum absolute atomic E-state index is 0.0131. The molecule has 0 radical (unpaired) electrons. The summed E-state index contributed by atoms with van der Waals surface area (Å²) in [5, 5.41) is 11.3. The van der Waals surface area contributed by atoms with E-state index in [1.165, 1.54) is 23.5 Å². The molecule has 0 aromatic heterocycles. The molecular weight excluding hydrogens is 460 g/mol. The number of nitro groups is 1. The zero-order chi connectivity index (χ0) is 25.0. The molecule has 3 rings (SSSR count). The lowest BCUT2D eigenvalue weighted by molar-refractivity contribution is -0.386. The Labute approximate surface area is 199 Å². The van der Waals surface area contributed by atoms with Crippen LogP contribution in [0.1, 0.15) is 31.1 Å². The Hall–Kier alpha value is -3.18. The lowest BCUT2D eigenvalue weighted by atomic mass is 10.1. The van der Waals surface area contributed by atoms with Crippen LogP contribution in [0.3, 0.4) is 0 Å². The highest BCUT2D eigenvalue weighted by atomic mass is 32.2. The number of hydrogen-bond donors (Lipinski definition) is 0. The third-order valence-electron chi connectivity index (χ3n) is 5.92. The summed E-state index contributed by atoms with van der Waals surface area (Å²) in [6.07, 6.45) is 0. The van der Waals surface area contributed by atoms with Crippen molar-refractivity contribution in [3.8, 4) is 5.75 Å². The SMILES string of the molecule is CCN(c1ccc(C(=O)N2CCN(S(=O)(=O)c3ccc(OC)c([N+](=O)[O-])c3)CC2)cc1)C(C)C. The van der Waals surface area contributed by atoms with Gasteiger partial charge in [-0.25, -0.2) is 8.42 Å². The molecule has 1 saturated heterocycles. The number of methoxy groups -OCH3 is 1. The maximum atomic E-state index is 13.0. The number of anilines is 1. The Kier molecular flexibility index (Phi) is 7.78. The first-order valence-corrected chi connectivity index (χ1v) is 12.5. The normalized spacial score (nSPS) is 14.8. The highest BCUT2D eigenvalue weighted by molar-refractivity contribution is 7.89. The van der Waals surface area contributed by atoms with Crippen LogP contribution in [0.4, 0.5) is 11.4 Å². The van der Waals surface area contributed by atoms with E-state index in [1.54, 1.807) is 17.0 Å². The first kappa shape index (κ1) is 25.4. The van der Waals surface area contributed by atoms with Crippen molar-refractivity contribution in [1.29, 1.82) is 0 Å². The van der Waals surface area contributed by atoms with Crippen LogP contribution in [-0.4, -0.2) is 74.3 Å². The number of piperazine rings is 1. The molecule has 0 spiro atoms. The summed E-state index contributed by atoms with van der Waals surface area (Å²) < 4.78 is 32.3. The predicted octanol–water partition coefficient (Wildman–Crippen LogP) is 2.98. The first-order valence-electron chi connectivity index (χ1n) is 11.1. The van der Waals surface area contributed by atoms with Gasteiger partial charge in [-0.3, -0.25) is 14.9 Å². The van der Waals surface area contributed by atoms with Crippen molar-refractivity contribution in [3.63, 3.8) is 0 Å². The molecule has 0 unspecified atom stereocenters. The van der Waals surface area contributed by atoms with Crippen molar-refractivity contribution in [2.45, 2.75) is 31.7 Å². The zero-order valence-electron chi connectivity index (χ0n) is 19.8. The Morgan fingerprint density at radius 1 is 1.12 bits per heavy atom. The van der Waals surface area contributed by atoms with Crippen molar-refractivity contribution in [2.24, 2.45) is 0 Å². The lowest BCUT2D eigenvalue weighted by Crippen LogP contribution is -2.50. The molecule has 0 N–H and O–H groups in total. The van der Waals surface area contributed by atoms with Crippen LogP contribution in [0.25, 0.3) is 0 Å². The van der Waals surface area contributed by atoms with Crippen molar-refractivity contribution in [3.05, 3.63) is 58.1 Å². The van der Waals surface area contributed by atoms with E-state index in [1.807, 2.05) is 12.1 Å². The van der Waals surface area contributed by atoms with E-state index in [2.05, 4.69) is 25.7 Å². The van der Waals surface area contributed by atoms with Gasteiger partial charge in [0, 0.05) is 56.1 Å². The minimum atomic E-state index is -3.95. The van der Waals surface area contributed by atoms with Gasteiger partial charge in [0.2, 0.25) is 10.0 Å². The van der Waals surface area contributed by atoms with Gasteiger partial charge < -0.3 is 14.5 Å². The third-order valence-corrected chi connectivity index (χ3v) is 7.82. The van der Waals surface area contributed by atoms with Crippen LogP contribution in [0, 0.1) is 10.1 Å². The summed E-state index contributed by atoms with van der Waals surface area (Å²) >= 11 is 0. The maximum absolute atomic E-state index is 13.0. The highest BCUT2D eigenvalue weighted by Crippen LogP contribution is 2.31. The molecule has 0 atom stereocenters. The molecule has 1 fully saturated rings. The Balaban J connectivity index is 1.69. The van der Waals surface area contributed by atoms with E-state index in [9.17, 15) is 23.3 Å². The second kappa shape index (κ2) is 10.4. The number of nitrogens with zero attached hydrogens (tertiary/aromatic N) is 4. The fourth-order valence-electron chi connectivity index (χ4n) is 4.08. The smallest absolute Gasteiger partial charge is 0.312 e. The number of carbonyl (C=O) groups is 1. The zero-order valence-corrected chi connectivity index (χ0v) is 20.6. The van der Waals surface area contributed by atoms with Gasteiger partial charge in [-0.15, -0.1) is 0 Å². The van der Waals surface area contributed by atoms with Gasteiger partial charge in [0.25, 0.3) is 5.91 Å². The summed E-state index contributed by atoms with van der Waals surface area (Å²) in [5.41, 5.74) is 1.17.